The van der Waals surface area contributed by atoms with E-state index >= 15 is 0 Å². The van der Waals surface area contributed by atoms with Crippen molar-refractivity contribution in [3.05, 3.63) is 23.8 Å². The van der Waals surface area contributed by atoms with Crippen molar-refractivity contribution in [2.24, 2.45) is 0 Å². The van der Waals surface area contributed by atoms with Crippen LogP contribution in [0.1, 0.15) is 29.6 Å². The number of aromatic carboxylic acids is 1. The molecule has 1 heterocycles. The predicted molar refractivity (Wildman–Crippen MR) is 74.6 cm³/mol. The third-order valence-electron chi connectivity index (χ3n) is 3.90. The molecule has 1 saturated carbocycles. The van der Waals surface area contributed by atoms with Gasteiger partial charge in [-0.25, -0.2) is 9.48 Å². The van der Waals surface area contributed by atoms with Crippen LogP contribution < -0.4 is 0 Å². The molecule has 1 fully saturated rings. The van der Waals surface area contributed by atoms with Crippen LogP contribution >= 0.6 is 11.8 Å². The second-order valence-electron chi connectivity index (χ2n) is 5.00. The Morgan fingerprint density at radius 3 is 2.89 bits per heavy atom. The van der Waals surface area contributed by atoms with Gasteiger partial charge in [0.1, 0.15) is 5.52 Å². The fraction of sp³-hybridized carbons (Fsp3) is 0.462. The summed E-state index contributed by atoms with van der Waals surface area (Å²) in [6.45, 7) is 0.799. The molecular formula is C13H15N3O2S. The zero-order valence-electron chi connectivity index (χ0n) is 10.7. The number of carboxylic acids is 1. The van der Waals surface area contributed by atoms with Gasteiger partial charge in [-0.3, -0.25) is 0 Å². The molecule has 0 aliphatic heterocycles. The number of nitrogens with zero attached hydrogens (tertiary/aromatic N) is 3. The first-order chi connectivity index (χ1) is 9.13. The summed E-state index contributed by atoms with van der Waals surface area (Å²) in [7, 11) is 0. The molecule has 6 heteroatoms. The van der Waals surface area contributed by atoms with Crippen molar-refractivity contribution < 1.29 is 9.90 Å². The Morgan fingerprint density at radius 2 is 2.32 bits per heavy atom. The summed E-state index contributed by atoms with van der Waals surface area (Å²) >= 11 is 1.87. The van der Waals surface area contributed by atoms with Crippen molar-refractivity contribution in [2.75, 3.05) is 6.26 Å². The molecule has 1 aromatic carbocycles. The van der Waals surface area contributed by atoms with Gasteiger partial charge in [-0.1, -0.05) is 11.6 Å². The molecule has 3 rings (SSSR count). The van der Waals surface area contributed by atoms with Crippen LogP contribution in [0.4, 0.5) is 0 Å². The monoisotopic (exact) mass is 277 g/mol. The molecule has 0 unspecified atom stereocenters. The van der Waals surface area contributed by atoms with Crippen LogP contribution in [0.15, 0.2) is 18.2 Å². The SMILES string of the molecule is CSC1(Cn2nnc3ccc(C(=O)O)cc32)CCC1. The second-order valence-corrected chi connectivity index (χ2v) is 6.27. The summed E-state index contributed by atoms with van der Waals surface area (Å²) in [6, 6.07) is 4.94. The van der Waals surface area contributed by atoms with Crippen molar-refractivity contribution in [1.29, 1.82) is 0 Å². The number of hydrogen-bond donors (Lipinski definition) is 1. The Labute approximate surface area is 115 Å². The summed E-state index contributed by atoms with van der Waals surface area (Å²) in [5.41, 5.74) is 1.84. The van der Waals surface area contributed by atoms with Crippen molar-refractivity contribution >= 4 is 28.8 Å². The first-order valence-corrected chi connectivity index (χ1v) is 7.48. The van der Waals surface area contributed by atoms with Crippen molar-refractivity contribution in [1.82, 2.24) is 15.0 Å². The van der Waals surface area contributed by atoms with Crippen molar-refractivity contribution in [3.63, 3.8) is 0 Å². The van der Waals surface area contributed by atoms with Crippen LogP contribution in [0.25, 0.3) is 11.0 Å². The van der Waals surface area contributed by atoms with E-state index < -0.39 is 5.97 Å². The highest BCUT2D eigenvalue weighted by atomic mass is 32.2. The van der Waals surface area contributed by atoms with Gasteiger partial charge in [0.15, 0.2) is 0 Å². The van der Waals surface area contributed by atoms with Gasteiger partial charge in [-0.2, -0.15) is 11.8 Å². The fourth-order valence-electron chi connectivity index (χ4n) is 2.49. The van der Waals surface area contributed by atoms with E-state index in [0.29, 0.717) is 0 Å². The van der Waals surface area contributed by atoms with E-state index in [0.717, 1.165) is 17.6 Å². The smallest absolute Gasteiger partial charge is 0.335 e. The van der Waals surface area contributed by atoms with Gasteiger partial charge < -0.3 is 5.11 Å². The molecular weight excluding hydrogens is 262 g/mol. The lowest BCUT2D eigenvalue weighted by molar-refractivity contribution is 0.0697. The van der Waals surface area contributed by atoms with Crippen LogP contribution in [0, 0.1) is 0 Å². The molecule has 0 atom stereocenters. The molecule has 1 N–H and O–H groups in total. The first kappa shape index (κ1) is 12.5. The van der Waals surface area contributed by atoms with E-state index in [9.17, 15) is 4.79 Å². The van der Waals surface area contributed by atoms with Gasteiger partial charge in [0.05, 0.1) is 17.6 Å². The van der Waals surface area contributed by atoms with Gasteiger partial charge in [0, 0.05) is 4.75 Å². The van der Waals surface area contributed by atoms with E-state index in [1.54, 1.807) is 18.2 Å². The molecule has 100 valence electrons. The van der Waals surface area contributed by atoms with Gasteiger partial charge >= 0.3 is 5.97 Å². The maximum Gasteiger partial charge on any atom is 0.335 e. The fourth-order valence-corrected chi connectivity index (χ4v) is 3.43. The molecule has 0 bridgehead atoms. The Balaban J connectivity index is 1.99. The summed E-state index contributed by atoms with van der Waals surface area (Å²) in [6.07, 6.45) is 5.76. The quantitative estimate of drug-likeness (QED) is 0.929. The van der Waals surface area contributed by atoms with Crippen LogP contribution in [0.2, 0.25) is 0 Å². The standard InChI is InChI=1S/C13H15N3O2S/c1-19-13(5-2-6-13)8-16-11-7-9(12(17)18)3-4-10(11)14-15-16/h3-4,7H,2,5-6,8H2,1H3,(H,17,18). The molecule has 1 aliphatic carbocycles. The minimum absolute atomic E-state index is 0.250. The van der Waals surface area contributed by atoms with E-state index in [-0.39, 0.29) is 10.3 Å². The molecule has 1 aliphatic rings. The number of thioether (sulfide) groups is 1. The zero-order chi connectivity index (χ0) is 13.5. The van der Waals surface area contributed by atoms with Crippen LogP contribution in [-0.2, 0) is 6.54 Å². The number of hydrogen-bond acceptors (Lipinski definition) is 4. The Hall–Kier alpha value is -1.56. The van der Waals surface area contributed by atoms with Crippen molar-refractivity contribution in [2.45, 2.75) is 30.6 Å². The molecule has 0 saturated heterocycles. The summed E-state index contributed by atoms with van der Waals surface area (Å²) < 4.78 is 2.09. The summed E-state index contributed by atoms with van der Waals surface area (Å²) in [5.74, 6) is -0.919. The third kappa shape index (κ3) is 2.10. The average molecular weight is 277 g/mol. The zero-order valence-corrected chi connectivity index (χ0v) is 11.5. The lowest BCUT2D eigenvalue weighted by Crippen LogP contribution is -2.38. The molecule has 0 amide bonds. The number of fused-ring (bicyclic) bond motifs is 1. The topological polar surface area (TPSA) is 68.0 Å². The van der Waals surface area contributed by atoms with Gasteiger partial charge in [0.25, 0.3) is 0 Å². The van der Waals surface area contributed by atoms with Gasteiger partial charge in [-0.05, 0) is 37.3 Å². The number of benzene rings is 1. The van der Waals surface area contributed by atoms with Crippen LogP contribution in [0.5, 0.6) is 0 Å². The Morgan fingerprint density at radius 1 is 1.53 bits per heavy atom. The molecule has 0 radical (unpaired) electrons. The van der Waals surface area contributed by atoms with Crippen LogP contribution in [-0.4, -0.2) is 37.1 Å². The minimum Gasteiger partial charge on any atom is -0.478 e. The number of carboxylic acid groups (broad SMARTS) is 1. The normalized spacial score (nSPS) is 17.3. The Kier molecular flexibility index (Phi) is 2.97. The number of carbonyl (C=O) groups is 1. The summed E-state index contributed by atoms with van der Waals surface area (Å²) in [5, 5.41) is 17.3. The largest absolute Gasteiger partial charge is 0.478 e. The lowest BCUT2D eigenvalue weighted by atomic mass is 9.84. The van der Waals surface area contributed by atoms with E-state index in [2.05, 4.69) is 16.6 Å². The minimum atomic E-state index is -0.919. The molecule has 5 nitrogen and oxygen atoms in total. The highest BCUT2D eigenvalue weighted by Gasteiger charge is 2.37. The highest BCUT2D eigenvalue weighted by Crippen LogP contribution is 2.44. The second kappa shape index (κ2) is 4.52. The van der Waals surface area contributed by atoms with Gasteiger partial charge in [0.2, 0.25) is 0 Å². The third-order valence-corrected chi connectivity index (χ3v) is 5.30. The molecule has 0 spiro atoms. The summed E-state index contributed by atoms with van der Waals surface area (Å²) in [4.78, 5) is 11.0. The average Bonchev–Trinajstić information content (AvgIpc) is 2.76. The maximum absolute atomic E-state index is 11.0. The first-order valence-electron chi connectivity index (χ1n) is 6.25. The van der Waals surface area contributed by atoms with E-state index in [1.807, 2.05) is 16.4 Å². The molecule has 19 heavy (non-hydrogen) atoms. The highest BCUT2D eigenvalue weighted by molar-refractivity contribution is 8.00. The maximum atomic E-state index is 11.0. The van der Waals surface area contributed by atoms with Crippen molar-refractivity contribution in [3.8, 4) is 0 Å². The van der Waals surface area contributed by atoms with Gasteiger partial charge in [-0.15, -0.1) is 5.10 Å². The lowest BCUT2D eigenvalue weighted by Gasteiger charge is -2.40. The molecule has 1 aromatic heterocycles. The number of aromatic nitrogens is 3. The molecule has 2 aromatic rings. The number of rotatable bonds is 4. The van der Waals surface area contributed by atoms with E-state index in [4.69, 9.17) is 5.11 Å². The predicted octanol–water partition coefficient (Wildman–Crippen LogP) is 2.42. The van der Waals surface area contributed by atoms with Crippen LogP contribution in [0.3, 0.4) is 0 Å². The van der Waals surface area contributed by atoms with E-state index in [1.165, 1.54) is 19.3 Å². The Bertz CT molecular complexity index is 628.